The number of hydrogen-bond donors (Lipinski definition) is 2. The molecule has 0 spiro atoms. The third-order valence-electron chi connectivity index (χ3n) is 6.61. The fourth-order valence-electron chi connectivity index (χ4n) is 4.62. The predicted octanol–water partition coefficient (Wildman–Crippen LogP) is 4.60. The number of nitrogens with zero attached hydrogens (tertiary/aromatic N) is 4. The number of nitrogens with one attached hydrogen (secondary N) is 1. The first-order chi connectivity index (χ1) is 15.0. The molecule has 4 rings (SSSR count). The smallest absolute Gasteiger partial charge is 0.410 e. The summed E-state index contributed by atoms with van der Waals surface area (Å²) < 4.78 is 8.41. The first-order valence-corrected chi connectivity index (χ1v) is 12.7. The third kappa shape index (κ3) is 4.40. The number of carbonyl (C=O) groups excluding carboxylic acids is 1. The molecule has 8 nitrogen and oxygen atoms in total. The summed E-state index contributed by atoms with van der Waals surface area (Å²) in [6.07, 6.45) is 5.68. The number of hydrogen-bond acceptors (Lipinski definition) is 6. The standard InChI is InChI=1S/C22H31ClIN5O3/c1-5-22(8-6-9-22)18-17(24)16(23)14-11-25-19(27-29(14)18)26-13-7-10-28(12-15(13)30)20(31)32-21(2,3)4/h11,13,15,30H,5-10,12H2,1-4H3,(H,26,27)/t13-,15-/m0/s1. The SMILES string of the molecule is CCC1(c2c(I)c(Cl)c3cnc(N[C@H]4CCN(C(=O)OC(C)(C)C)C[C@@H]4O)nn23)CCC1. The summed E-state index contributed by atoms with van der Waals surface area (Å²) >= 11 is 8.95. The normalized spacial score (nSPS) is 23.2. The first kappa shape index (κ1) is 23.8. The number of β-amino-alcohol motifs (C(OH)–C–C–N with tert-alkyl or cyclic N) is 1. The van der Waals surface area contributed by atoms with E-state index in [9.17, 15) is 9.90 Å². The second kappa shape index (κ2) is 8.79. The van der Waals surface area contributed by atoms with Crippen LogP contribution in [0, 0.1) is 3.57 Å². The summed E-state index contributed by atoms with van der Waals surface area (Å²) in [5, 5.41) is 19.4. The maximum absolute atomic E-state index is 12.3. The van der Waals surface area contributed by atoms with E-state index in [1.54, 1.807) is 11.1 Å². The number of ether oxygens (including phenoxy) is 1. The summed E-state index contributed by atoms with van der Waals surface area (Å²) in [6.45, 7) is 8.41. The molecular formula is C22H31ClIN5O3. The molecule has 0 bridgehead atoms. The van der Waals surface area contributed by atoms with Crippen molar-refractivity contribution >= 4 is 51.8 Å². The number of piperidine rings is 1. The minimum atomic E-state index is -0.753. The van der Waals surface area contributed by atoms with Crippen LogP contribution in [0.15, 0.2) is 6.20 Å². The number of amides is 1. The van der Waals surface area contributed by atoms with Crippen molar-refractivity contribution in [2.45, 2.75) is 83.0 Å². The molecule has 1 aliphatic carbocycles. The molecule has 10 heteroatoms. The molecule has 1 aliphatic heterocycles. The zero-order valence-electron chi connectivity index (χ0n) is 19.0. The number of fused-ring (bicyclic) bond motifs is 1. The molecule has 2 fully saturated rings. The van der Waals surface area contributed by atoms with Gasteiger partial charge >= 0.3 is 6.09 Å². The average molecular weight is 576 g/mol. The Hall–Kier alpha value is -1.33. The number of aromatic nitrogens is 3. The molecule has 0 unspecified atom stereocenters. The van der Waals surface area contributed by atoms with Gasteiger partial charge in [-0.2, -0.15) is 0 Å². The number of halogens is 2. The minimum Gasteiger partial charge on any atom is -0.444 e. The third-order valence-corrected chi connectivity index (χ3v) is 8.36. The van der Waals surface area contributed by atoms with Crippen molar-refractivity contribution in [2.24, 2.45) is 0 Å². The van der Waals surface area contributed by atoms with Crippen LogP contribution in [0.2, 0.25) is 5.02 Å². The Morgan fingerprint density at radius 3 is 2.72 bits per heavy atom. The van der Waals surface area contributed by atoms with Crippen molar-refractivity contribution in [1.82, 2.24) is 19.5 Å². The second-order valence-corrected chi connectivity index (χ2v) is 11.3. The molecule has 1 saturated heterocycles. The van der Waals surface area contributed by atoms with E-state index in [1.165, 1.54) is 6.42 Å². The summed E-state index contributed by atoms with van der Waals surface area (Å²) in [5.74, 6) is 0.446. The van der Waals surface area contributed by atoms with Crippen LogP contribution in [0.1, 0.15) is 65.5 Å². The van der Waals surface area contributed by atoms with E-state index in [0.717, 1.165) is 34.0 Å². The van der Waals surface area contributed by atoms with Gasteiger partial charge in [0.25, 0.3) is 0 Å². The second-order valence-electron chi connectivity index (χ2n) is 9.88. The molecule has 2 N–H and O–H groups in total. The van der Waals surface area contributed by atoms with Gasteiger partial charge in [-0.15, -0.1) is 5.10 Å². The minimum absolute atomic E-state index is 0.108. The monoisotopic (exact) mass is 575 g/mol. The number of likely N-dealkylation sites (tertiary alicyclic amines) is 1. The van der Waals surface area contributed by atoms with Crippen LogP contribution in [0.25, 0.3) is 5.52 Å². The van der Waals surface area contributed by atoms with Crippen LogP contribution in [0.5, 0.6) is 0 Å². The van der Waals surface area contributed by atoms with E-state index in [0.29, 0.717) is 23.9 Å². The van der Waals surface area contributed by atoms with E-state index < -0.39 is 17.8 Å². The summed E-state index contributed by atoms with van der Waals surface area (Å²) in [4.78, 5) is 18.3. The van der Waals surface area contributed by atoms with Crippen molar-refractivity contribution in [3.8, 4) is 0 Å². The van der Waals surface area contributed by atoms with Crippen LogP contribution in [0.3, 0.4) is 0 Å². The number of rotatable bonds is 4. The van der Waals surface area contributed by atoms with Crippen LogP contribution < -0.4 is 5.32 Å². The topological polar surface area (TPSA) is 92.0 Å². The van der Waals surface area contributed by atoms with Gasteiger partial charge in [-0.3, -0.25) is 0 Å². The average Bonchev–Trinajstić information content (AvgIpc) is 2.93. The highest BCUT2D eigenvalue weighted by Crippen LogP contribution is 2.49. The fraction of sp³-hybridized carbons (Fsp3) is 0.682. The summed E-state index contributed by atoms with van der Waals surface area (Å²) in [5.41, 5.74) is 1.51. The number of carbonyl (C=O) groups is 1. The zero-order chi connectivity index (χ0) is 23.3. The van der Waals surface area contributed by atoms with Gasteiger partial charge in [-0.25, -0.2) is 14.3 Å². The van der Waals surface area contributed by atoms with Crippen LogP contribution in [-0.2, 0) is 10.2 Å². The Morgan fingerprint density at radius 2 is 2.16 bits per heavy atom. The molecule has 1 amide bonds. The van der Waals surface area contributed by atoms with E-state index >= 15 is 0 Å². The quantitative estimate of drug-likeness (QED) is 0.518. The largest absolute Gasteiger partial charge is 0.444 e. The summed E-state index contributed by atoms with van der Waals surface area (Å²) in [6, 6.07) is -0.261. The van der Waals surface area contributed by atoms with Gasteiger partial charge < -0.3 is 20.1 Å². The number of anilines is 1. The molecule has 2 aromatic heterocycles. The molecule has 0 aromatic carbocycles. The Bertz CT molecular complexity index is 1010. The summed E-state index contributed by atoms with van der Waals surface area (Å²) in [7, 11) is 0. The van der Waals surface area contributed by atoms with E-state index in [1.807, 2.05) is 25.3 Å². The molecule has 176 valence electrons. The highest BCUT2D eigenvalue weighted by molar-refractivity contribution is 14.1. The highest BCUT2D eigenvalue weighted by atomic mass is 127. The van der Waals surface area contributed by atoms with Gasteiger partial charge in [-0.05, 0) is 69.0 Å². The molecule has 0 radical (unpaired) electrons. The predicted molar refractivity (Wildman–Crippen MR) is 132 cm³/mol. The van der Waals surface area contributed by atoms with Crippen LogP contribution in [0.4, 0.5) is 10.7 Å². The molecule has 32 heavy (non-hydrogen) atoms. The Balaban J connectivity index is 1.52. The number of aliphatic hydroxyl groups is 1. The maximum Gasteiger partial charge on any atom is 0.410 e. The lowest BCUT2D eigenvalue weighted by Crippen LogP contribution is -2.52. The lowest BCUT2D eigenvalue weighted by molar-refractivity contribution is 0.00112. The van der Waals surface area contributed by atoms with Gasteiger partial charge in [-0.1, -0.05) is 24.9 Å². The van der Waals surface area contributed by atoms with E-state index in [2.05, 4.69) is 39.8 Å². The fourth-order valence-corrected chi connectivity index (χ4v) is 5.92. The number of aliphatic hydroxyl groups excluding tert-OH is 1. The van der Waals surface area contributed by atoms with Crippen molar-refractivity contribution < 1.29 is 14.6 Å². The maximum atomic E-state index is 12.3. The Labute approximate surface area is 207 Å². The van der Waals surface area contributed by atoms with Crippen molar-refractivity contribution in [1.29, 1.82) is 0 Å². The van der Waals surface area contributed by atoms with Crippen molar-refractivity contribution in [2.75, 3.05) is 18.4 Å². The van der Waals surface area contributed by atoms with Gasteiger partial charge in [0.1, 0.15) is 11.1 Å². The van der Waals surface area contributed by atoms with Crippen LogP contribution in [-0.4, -0.2) is 61.5 Å². The van der Waals surface area contributed by atoms with Crippen LogP contribution >= 0.6 is 34.2 Å². The zero-order valence-corrected chi connectivity index (χ0v) is 21.9. The molecule has 3 heterocycles. The molecule has 2 atom stereocenters. The lowest BCUT2D eigenvalue weighted by Gasteiger charge is -2.41. The molecule has 2 aliphatic rings. The highest BCUT2D eigenvalue weighted by Gasteiger charge is 2.42. The molecule has 2 aromatic rings. The van der Waals surface area contributed by atoms with Gasteiger partial charge in [0, 0.05) is 12.0 Å². The van der Waals surface area contributed by atoms with E-state index in [4.69, 9.17) is 21.4 Å². The molecule has 1 saturated carbocycles. The van der Waals surface area contributed by atoms with Gasteiger partial charge in [0.15, 0.2) is 0 Å². The Kier molecular flexibility index (Phi) is 6.54. The lowest BCUT2D eigenvalue weighted by atomic mass is 9.65. The van der Waals surface area contributed by atoms with Crippen molar-refractivity contribution in [3.63, 3.8) is 0 Å². The van der Waals surface area contributed by atoms with Crippen molar-refractivity contribution in [3.05, 3.63) is 20.5 Å². The van der Waals surface area contributed by atoms with E-state index in [-0.39, 0.29) is 18.0 Å². The Morgan fingerprint density at radius 1 is 1.44 bits per heavy atom. The first-order valence-electron chi connectivity index (χ1n) is 11.2. The van der Waals surface area contributed by atoms with Gasteiger partial charge in [0.2, 0.25) is 5.95 Å². The molecular weight excluding hydrogens is 545 g/mol. The van der Waals surface area contributed by atoms with Gasteiger partial charge in [0.05, 0.1) is 39.2 Å².